The van der Waals surface area contributed by atoms with E-state index in [9.17, 15) is 13.2 Å². The molecule has 1 rings (SSSR count). The Hall–Kier alpha value is -1.27. The van der Waals surface area contributed by atoms with Crippen molar-refractivity contribution in [3.63, 3.8) is 0 Å². The lowest BCUT2D eigenvalue weighted by molar-refractivity contribution is 0.201. The topological polar surface area (TPSA) is 83.5 Å². The molecule has 0 radical (unpaired) electrons. The summed E-state index contributed by atoms with van der Waals surface area (Å²) >= 11 is 0. The van der Waals surface area contributed by atoms with E-state index in [1.165, 1.54) is 16.9 Å². The summed E-state index contributed by atoms with van der Waals surface area (Å²) in [5, 5.41) is 8.31. The van der Waals surface area contributed by atoms with Crippen LogP contribution in [-0.2, 0) is 10.0 Å². The summed E-state index contributed by atoms with van der Waals surface area (Å²) in [6.07, 6.45) is -1.59. The quantitative estimate of drug-likeness (QED) is 0.832. The molecule has 1 aromatic rings. The van der Waals surface area contributed by atoms with Gasteiger partial charge in [-0.2, -0.15) is 0 Å². The number of hydrogen-bond donors (Lipinski definition) is 2. The molecule has 1 amide bonds. The molecule has 15 heavy (non-hydrogen) atoms. The lowest BCUT2D eigenvalue weighted by Gasteiger charge is -2.05. The van der Waals surface area contributed by atoms with Crippen molar-refractivity contribution in [2.45, 2.75) is 11.8 Å². The first-order chi connectivity index (χ1) is 6.43. The zero-order valence-corrected chi connectivity index (χ0v) is 9.43. The van der Waals surface area contributed by atoms with Crippen molar-refractivity contribution in [3.05, 3.63) is 29.8 Å². The molecule has 0 aliphatic heterocycles. The number of hydrogen-bond acceptors (Lipinski definition) is 3. The maximum atomic E-state index is 11.4. The fourth-order valence-electron chi connectivity index (χ4n) is 1.03. The summed E-state index contributed by atoms with van der Waals surface area (Å²) in [4.78, 5) is 10.2. The third-order valence-corrected chi connectivity index (χ3v) is 3.09. The van der Waals surface area contributed by atoms with Crippen molar-refractivity contribution in [2.75, 3.05) is 0 Å². The van der Waals surface area contributed by atoms with Gasteiger partial charge in [0.1, 0.15) is 0 Å². The van der Waals surface area contributed by atoms with Crippen molar-refractivity contribution in [1.29, 1.82) is 0 Å². The summed E-state index contributed by atoms with van der Waals surface area (Å²) in [6, 6.07) is 6.15. The first-order valence-corrected chi connectivity index (χ1v) is 5.23. The molecular formula is C8H10ClNO4S. The van der Waals surface area contributed by atoms with E-state index in [0.717, 1.165) is 0 Å². The van der Waals surface area contributed by atoms with Crippen molar-refractivity contribution in [2.24, 2.45) is 0 Å². The molecule has 0 heterocycles. The number of rotatable bonds is 2. The van der Waals surface area contributed by atoms with Crippen molar-refractivity contribution in [1.82, 2.24) is 4.72 Å². The van der Waals surface area contributed by atoms with Crippen molar-refractivity contribution >= 4 is 28.5 Å². The number of nitrogens with one attached hydrogen (secondary N) is 1. The molecule has 0 bridgehead atoms. The Labute approximate surface area is 93.6 Å². The molecule has 0 spiro atoms. The maximum absolute atomic E-state index is 11.4. The fourth-order valence-corrected chi connectivity index (χ4v) is 2.12. The van der Waals surface area contributed by atoms with E-state index in [1.54, 1.807) is 19.1 Å². The Morgan fingerprint density at radius 3 is 2.33 bits per heavy atom. The van der Waals surface area contributed by atoms with E-state index in [0.29, 0.717) is 5.56 Å². The average molecular weight is 252 g/mol. The predicted octanol–water partition coefficient (Wildman–Crippen LogP) is 1.37. The van der Waals surface area contributed by atoms with Gasteiger partial charge in [-0.05, 0) is 18.6 Å². The van der Waals surface area contributed by atoms with Gasteiger partial charge >= 0.3 is 6.09 Å². The highest BCUT2D eigenvalue weighted by Crippen LogP contribution is 2.13. The van der Waals surface area contributed by atoms with Gasteiger partial charge in [0.05, 0.1) is 4.90 Å². The second kappa shape index (κ2) is 4.99. The molecule has 0 aromatic heterocycles. The average Bonchev–Trinajstić information content (AvgIpc) is 2.02. The van der Waals surface area contributed by atoms with Crippen LogP contribution < -0.4 is 4.72 Å². The van der Waals surface area contributed by atoms with Crippen LogP contribution in [0.1, 0.15) is 5.56 Å². The number of amides is 1. The smallest absolute Gasteiger partial charge is 0.418 e. The fraction of sp³-hybridized carbons (Fsp3) is 0.125. The molecule has 0 aliphatic rings. The third kappa shape index (κ3) is 3.41. The maximum Gasteiger partial charge on any atom is 0.418 e. The lowest BCUT2D eigenvalue weighted by Crippen LogP contribution is -2.29. The monoisotopic (exact) mass is 251 g/mol. The first kappa shape index (κ1) is 13.7. The highest BCUT2D eigenvalue weighted by atomic mass is 35.5. The number of aryl methyl sites for hydroxylation is 1. The van der Waals surface area contributed by atoms with Crippen LogP contribution in [0.2, 0.25) is 0 Å². The zero-order valence-electron chi connectivity index (χ0n) is 7.80. The van der Waals surface area contributed by atoms with E-state index < -0.39 is 16.1 Å². The summed E-state index contributed by atoms with van der Waals surface area (Å²) in [5.74, 6) is 0. The highest BCUT2D eigenvalue weighted by molar-refractivity contribution is 7.90. The normalized spacial score (nSPS) is 10.2. The SMILES string of the molecule is Cc1ccccc1S(=O)(=O)NC(=O)O.Cl. The van der Waals surface area contributed by atoms with Crippen LogP contribution in [0.15, 0.2) is 29.2 Å². The van der Waals surface area contributed by atoms with Crippen molar-refractivity contribution in [3.8, 4) is 0 Å². The number of sulfonamides is 1. The van der Waals surface area contributed by atoms with Gasteiger partial charge in [0.2, 0.25) is 0 Å². The van der Waals surface area contributed by atoms with Gasteiger partial charge in [-0.15, -0.1) is 12.4 Å². The number of benzene rings is 1. The molecule has 2 N–H and O–H groups in total. The van der Waals surface area contributed by atoms with E-state index in [4.69, 9.17) is 5.11 Å². The largest absolute Gasteiger partial charge is 0.464 e. The summed E-state index contributed by atoms with van der Waals surface area (Å²) in [5.41, 5.74) is 0.501. The van der Waals surface area contributed by atoms with Gasteiger partial charge in [0.25, 0.3) is 10.0 Å². The van der Waals surface area contributed by atoms with Crippen LogP contribution in [0.4, 0.5) is 4.79 Å². The third-order valence-electron chi connectivity index (χ3n) is 1.60. The van der Waals surface area contributed by atoms with Gasteiger partial charge in [-0.1, -0.05) is 18.2 Å². The molecule has 84 valence electrons. The van der Waals surface area contributed by atoms with E-state index >= 15 is 0 Å². The second-order valence-corrected chi connectivity index (χ2v) is 4.33. The summed E-state index contributed by atoms with van der Waals surface area (Å²) in [7, 11) is -3.94. The van der Waals surface area contributed by atoms with E-state index in [2.05, 4.69) is 0 Å². The number of halogens is 1. The molecule has 1 aromatic carbocycles. The molecule has 0 aliphatic carbocycles. The van der Waals surface area contributed by atoms with Crippen LogP contribution in [0.3, 0.4) is 0 Å². The Morgan fingerprint density at radius 1 is 1.33 bits per heavy atom. The summed E-state index contributed by atoms with van der Waals surface area (Å²) < 4.78 is 24.2. The first-order valence-electron chi connectivity index (χ1n) is 3.75. The van der Waals surface area contributed by atoms with Crippen molar-refractivity contribution < 1.29 is 18.3 Å². The van der Waals surface area contributed by atoms with Crippen LogP contribution in [-0.4, -0.2) is 19.6 Å². The molecule has 5 nitrogen and oxygen atoms in total. The van der Waals surface area contributed by atoms with Crippen LogP contribution >= 0.6 is 12.4 Å². The Balaban J connectivity index is 0.00000196. The predicted molar refractivity (Wildman–Crippen MR) is 56.8 cm³/mol. The van der Waals surface area contributed by atoms with Gasteiger partial charge < -0.3 is 5.11 Å². The molecule has 0 saturated heterocycles. The van der Waals surface area contributed by atoms with Crippen LogP contribution in [0.5, 0.6) is 0 Å². The van der Waals surface area contributed by atoms with Crippen LogP contribution in [0.25, 0.3) is 0 Å². The second-order valence-electron chi connectivity index (χ2n) is 2.68. The molecule has 0 unspecified atom stereocenters. The molecule has 0 saturated carbocycles. The van der Waals surface area contributed by atoms with Gasteiger partial charge in [0, 0.05) is 0 Å². The minimum absolute atomic E-state index is 0. The Morgan fingerprint density at radius 2 is 1.87 bits per heavy atom. The highest BCUT2D eigenvalue weighted by Gasteiger charge is 2.18. The van der Waals surface area contributed by atoms with E-state index in [-0.39, 0.29) is 17.3 Å². The minimum atomic E-state index is -3.94. The van der Waals surface area contributed by atoms with Gasteiger partial charge in [-0.25, -0.2) is 17.9 Å². The molecule has 0 fully saturated rings. The zero-order chi connectivity index (χ0) is 10.8. The summed E-state index contributed by atoms with van der Waals surface area (Å²) in [6.45, 7) is 1.59. The standard InChI is InChI=1S/C8H9NO4S.ClH/c1-6-4-2-3-5-7(6)14(12,13)9-8(10)11;/h2-5,9H,1H3,(H,10,11);1H. The molecule has 7 heteroatoms. The minimum Gasteiger partial charge on any atom is -0.464 e. The Kier molecular flexibility index (Phi) is 4.57. The van der Waals surface area contributed by atoms with Crippen LogP contribution in [0, 0.1) is 6.92 Å². The van der Waals surface area contributed by atoms with Gasteiger partial charge in [0.15, 0.2) is 0 Å². The Bertz CT molecular complexity index is 457. The number of carboxylic acid groups (broad SMARTS) is 1. The lowest BCUT2D eigenvalue weighted by atomic mass is 10.2. The molecule has 0 atom stereocenters. The molecular weight excluding hydrogens is 242 g/mol. The van der Waals surface area contributed by atoms with E-state index in [1.807, 2.05) is 0 Å². The van der Waals surface area contributed by atoms with Gasteiger partial charge in [-0.3, -0.25) is 0 Å². The number of carbonyl (C=O) groups is 1.